The summed E-state index contributed by atoms with van der Waals surface area (Å²) in [7, 11) is 1.76. The van der Waals surface area contributed by atoms with Crippen LogP contribution < -0.4 is 10.6 Å². The maximum Gasteiger partial charge on any atom is 0.225 e. The first-order valence-corrected chi connectivity index (χ1v) is 12.7. The highest BCUT2D eigenvalue weighted by atomic mass is 32.2. The third-order valence-corrected chi connectivity index (χ3v) is 6.85. The molecule has 0 radical (unpaired) electrons. The Morgan fingerprint density at radius 2 is 1.90 bits per heavy atom. The lowest BCUT2D eigenvalue weighted by Gasteiger charge is -2.36. The van der Waals surface area contributed by atoms with Crippen LogP contribution in [0, 0.1) is 11.7 Å². The van der Waals surface area contributed by atoms with Crippen LogP contribution >= 0.6 is 11.8 Å². The smallest absolute Gasteiger partial charge is 0.225 e. The Hall–Kier alpha value is -1.80. The summed E-state index contributed by atoms with van der Waals surface area (Å²) in [4.78, 5) is 21.3. The molecule has 1 aromatic carbocycles. The van der Waals surface area contributed by atoms with Crippen molar-refractivity contribution < 1.29 is 9.18 Å². The van der Waals surface area contributed by atoms with Crippen LogP contribution in [-0.2, 0) is 17.1 Å². The zero-order valence-electron chi connectivity index (χ0n) is 18.8. The number of benzene rings is 1. The number of carbonyl (C=O) groups is 1. The summed E-state index contributed by atoms with van der Waals surface area (Å²) in [6.45, 7) is 5.85. The van der Waals surface area contributed by atoms with Gasteiger partial charge in [-0.15, -0.1) is 0 Å². The molecular weight excluding hydrogens is 413 g/mol. The van der Waals surface area contributed by atoms with Crippen molar-refractivity contribution in [2.24, 2.45) is 10.9 Å². The molecule has 0 atom stereocenters. The third-order valence-electron chi connectivity index (χ3n) is 6.25. The number of thioether (sulfide) groups is 1. The van der Waals surface area contributed by atoms with Crippen molar-refractivity contribution in [2.45, 2.75) is 38.0 Å². The Balaban J connectivity index is 1.37. The molecule has 1 saturated carbocycles. The van der Waals surface area contributed by atoms with Gasteiger partial charge in [0.05, 0.1) is 0 Å². The maximum atomic E-state index is 13.5. The Kier molecular flexibility index (Phi) is 9.46. The number of carbonyl (C=O) groups excluding carboxylic acids is 1. The van der Waals surface area contributed by atoms with Gasteiger partial charge in [-0.25, -0.2) is 4.39 Å². The van der Waals surface area contributed by atoms with Gasteiger partial charge in [0.1, 0.15) is 5.82 Å². The van der Waals surface area contributed by atoms with E-state index in [0.717, 1.165) is 74.9 Å². The molecule has 1 amide bonds. The van der Waals surface area contributed by atoms with E-state index >= 15 is 0 Å². The van der Waals surface area contributed by atoms with Crippen LogP contribution in [0.4, 0.5) is 4.39 Å². The molecule has 6 nitrogen and oxygen atoms in total. The quantitative estimate of drug-likeness (QED) is 0.472. The minimum atomic E-state index is -0.194. The van der Waals surface area contributed by atoms with Crippen LogP contribution in [0.15, 0.2) is 23.2 Å². The van der Waals surface area contributed by atoms with Gasteiger partial charge >= 0.3 is 0 Å². The van der Waals surface area contributed by atoms with Gasteiger partial charge in [-0.05, 0) is 42.4 Å². The minimum absolute atomic E-state index is 0.194. The lowest BCUT2D eigenvalue weighted by molar-refractivity contribution is -0.137. The van der Waals surface area contributed by atoms with E-state index in [-0.39, 0.29) is 11.7 Å². The van der Waals surface area contributed by atoms with Crippen molar-refractivity contribution in [1.82, 2.24) is 20.4 Å². The maximum absolute atomic E-state index is 13.5. The molecule has 1 heterocycles. The second-order valence-corrected chi connectivity index (χ2v) is 9.21. The van der Waals surface area contributed by atoms with E-state index in [1.807, 2.05) is 12.3 Å². The van der Waals surface area contributed by atoms with E-state index in [1.165, 1.54) is 18.9 Å². The molecule has 0 aromatic heterocycles. The largest absolute Gasteiger partial charge is 0.355 e. The molecule has 1 aliphatic heterocycles. The topological polar surface area (TPSA) is 60.0 Å². The monoisotopic (exact) mass is 449 g/mol. The number of rotatable bonds is 8. The van der Waals surface area contributed by atoms with E-state index in [0.29, 0.717) is 12.5 Å². The molecule has 3 rings (SSSR count). The van der Waals surface area contributed by atoms with Gasteiger partial charge in [-0.1, -0.05) is 18.9 Å². The highest BCUT2D eigenvalue weighted by Gasteiger charge is 2.29. The summed E-state index contributed by atoms with van der Waals surface area (Å²) < 4.78 is 13.5. The van der Waals surface area contributed by atoms with Crippen molar-refractivity contribution in [3.8, 4) is 0 Å². The zero-order valence-corrected chi connectivity index (χ0v) is 19.6. The van der Waals surface area contributed by atoms with Gasteiger partial charge in [-0.2, -0.15) is 11.8 Å². The molecule has 2 N–H and O–H groups in total. The Morgan fingerprint density at radius 3 is 2.58 bits per heavy atom. The Morgan fingerprint density at radius 1 is 1.16 bits per heavy atom. The summed E-state index contributed by atoms with van der Waals surface area (Å²) in [5.74, 6) is 1.99. The van der Waals surface area contributed by atoms with E-state index in [2.05, 4.69) is 25.4 Å². The normalized spacial score (nSPS) is 18.4. The second-order valence-electron chi connectivity index (χ2n) is 8.35. The molecule has 2 aliphatic rings. The first-order valence-electron chi connectivity index (χ1n) is 11.3. The number of piperazine rings is 1. The molecule has 0 unspecified atom stereocenters. The fraction of sp³-hybridized carbons (Fsp3) is 0.652. The van der Waals surface area contributed by atoms with Crippen LogP contribution in [-0.4, -0.2) is 74.2 Å². The molecule has 172 valence electrons. The van der Waals surface area contributed by atoms with E-state index in [4.69, 9.17) is 0 Å². The molecule has 0 bridgehead atoms. The van der Waals surface area contributed by atoms with Crippen LogP contribution in [0.3, 0.4) is 0 Å². The molecule has 31 heavy (non-hydrogen) atoms. The lowest BCUT2D eigenvalue weighted by atomic mass is 10.1. The average Bonchev–Trinajstić information content (AvgIpc) is 3.32. The lowest BCUT2D eigenvalue weighted by Crippen LogP contribution is -2.51. The molecule has 8 heteroatoms. The number of amides is 1. The fourth-order valence-electron chi connectivity index (χ4n) is 4.41. The molecule has 1 aliphatic carbocycles. The number of guanidine groups is 1. The number of hydrogen-bond donors (Lipinski definition) is 2. The van der Waals surface area contributed by atoms with Crippen LogP contribution in [0.2, 0.25) is 0 Å². The standard InChI is InChI=1S/C23H36FN5OS/c1-25-23(27-16-19-7-8-21(24)15-20(19)17-31-2)26-9-10-28-11-13-29(14-12-28)22(30)18-5-3-4-6-18/h7-8,15,18H,3-6,9-14,16-17H2,1-2H3,(H2,25,26,27). The number of aliphatic imine (C=N–C) groups is 1. The van der Waals surface area contributed by atoms with Crippen molar-refractivity contribution in [2.75, 3.05) is 52.6 Å². The summed E-state index contributed by atoms with van der Waals surface area (Å²) in [6, 6.07) is 4.96. The summed E-state index contributed by atoms with van der Waals surface area (Å²) in [5.41, 5.74) is 2.10. The Labute approximate surface area is 190 Å². The molecule has 2 fully saturated rings. The van der Waals surface area contributed by atoms with Crippen molar-refractivity contribution in [3.63, 3.8) is 0 Å². The zero-order chi connectivity index (χ0) is 22.1. The molecule has 1 aromatic rings. The van der Waals surface area contributed by atoms with E-state index in [1.54, 1.807) is 24.9 Å². The molecular formula is C23H36FN5OS. The SMILES string of the molecule is CN=C(NCCN1CCN(C(=O)C2CCCC2)CC1)NCc1ccc(F)cc1CSC. The summed E-state index contributed by atoms with van der Waals surface area (Å²) >= 11 is 1.69. The first-order chi connectivity index (χ1) is 15.1. The first kappa shape index (κ1) is 23.9. The van der Waals surface area contributed by atoms with Gasteiger partial charge in [0.25, 0.3) is 0 Å². The van der Waals surface area contributed by atoms with Gasteiger partial charge in [0.15, 0.2) is 5.96 Å². The fourth-order valence-corrected chi connectivity index (χ4v) is 4.99. The van der Waals surface area contributed by atoms with Gasteiger partial charge in [-0.3, -0.25) is 14.7 Å². The molecule has 0 spiro atoms. The van der Waals surface area contributed by atoms with Crippen LogP contribution in [0.1, 0.15) is 36.8 Å². The van der Waals surface area contributed by atoms with Crippen LogP contribution in [0.5, 0.6) is 0 Å². The summed E-state index contributed by atoms with van der Waals surface area (Å²) in [5, 5.41) is 6.70. The van der Waals surface area contributed by atoms with Crippen molar-refractivity contribution in [3.05, 3.63) is 35.1 Å². The summed E-state index contributed by atoms with van der Waals surface area (Å²) in [6.07, 6.45) is 6.58. The second kappa shape index (κ2) is 12.3. The van der Waals surface area contributed by atoms with Gasteiger partial charge in [0, 0.05) is 64.5 Å². The third kappa shape index (κ3) is 7.10. The van der Waals surface area contributed by atoms with Gasteiger partial charge in [0.2, 0.25) is 5.91 Å². The number of hydrogen-bond acceptors (Lipinski definition) is 4. The van der Waals surface area contributed by atoms with Crippen molar-refractivity contribution >= 4 is 23.6 Å². The predicted molar refractivity (Wildman–Crippen MR) is 127 cm³/mol. The van der Waals surface area contributed by atoms with E-state index < -0.39 is 0 Å². The van der Waals surface area contributed by atoms with Gasteiger partial charge < -0.3 is 15.5 Å². The highest BCUT2D eigenvalue weighted by molar-refractivity contribution is 7.97. The van der Waals surface area contributed by atoms with E-state index in [9.17, 15) is 9.18 Å². The number of halogens is 1. The van der Waals surface area contributed by atoms with Crippen molar-refractivity contribution in [1.29, 1.82) is 0 Å². The Bertz CT molecular complexity index is 745. The highest BCUT2D eigenvalue weighted by Crippen LogP contribution is 2.26. The number of nitrogens with one attached hydrogen (secondary N) is 2. The van der Waals surface area contributed by atoms with Crippen LogP contribution in [0.25, 0.3) is 0 Å². The predicted octanol–water partition coefficient (Wildman–Crippen LogP) is 2.69. The number of nitrogens with zero attached hydrogens (tertiary/aromatic N) is 3. The minimum Gasteiger partial charge on any atom is -0.355 e. The molecule has 1 saturated heterocycles. The average molecular weight is 450 g/mol.